The van der Waals surface area contributed by atoms with Gasteiger partial charge in [0.15, 0.2) is 6.61 Å². The second-order valence-corrected chi connectivity index (χ2v) is 9.79. The SMILES string of the molecule is CS(=O)(=O)N(Cc1ccccc1)c1ccc(OCC(=O)Nc2cc(C(F)(F)F)cc(C(F)(F)F)c2)cc1. The molecule has 0 atom stereocenters. The van der Waals surface area contributed by atoms with Crippen molar-refractivity contribution < 1.29 is 44.3 Å². The largest absolute Gasteiger partial charge is 0.484 e. The second-order valence-electron chi connectivity index (χ2n) is 7.88. The highest BCUT2D eigenvalue weighted by atomic mass is 32.2. The van der Waals surface area contributed by atoms with Crippen molar-refractivity contribution in [2.24, 2.45) is 0 Å². The lowest BCUT2D eigenvalue weighted by Gasteiger charge is -2.22. The first-order valence-electron chi connectivity index (χ1n) is 10.5. The number of hydrogen-bond acceptors (Lipinski definition) is 4. The minimum Gasteiger partial charge on any atom is -0.484 e. The maximum Gasteiger partial charge on any atom is 0.416 e. The molecule has 0 saturated carbocycles. The third kappa shape index (κ3) is 7.87. The molecule has 0 radical (unpaired) electrons. The van der Waals surface area contributed by atoms with Gasteiger partial charge in [-0.1, -0.05) is 30.3 Å². The highest BCUT2D eigenvalue weighted by molar-refractivity contribution is 7.92. The molecule has 0 heterocycles. The Morgan fingerprint density at radius 3 is 1.89 bits per heavy atom. The fourth-order valence-corrected chi connectivity index (χ4v) is 4.12. The lowest BCUT2D eigenvalue weighted by Crippen LogP contribution is -2.29. The molecular formula is C24H20F6N2O4S. The number of hydrogen-bond donors (Lipinski definition) is 1. The van der Waals surface area contributed by atoms with Crippen LogP contribution in [0.15, 0.2) is 72.8 Å². The van der Waals surface area contributed by atoms with E-state index in [4.69, 9.17) is 4.74 Å². The Bertz CT molecular complexity index is 1310. The summed E-state index contributed by atoms with van der Waals surface area (Å²) in [6.45, 7) is -0.657. The number of alkyl halides is 6. The average Bonchev–Trinajstić information content (AvgIpc) is 2.80. The van der Waals surface area contributed by atoms with Gasteiger partial charge in [0.05, 0.1) is 29.6 Å². The third-order valence-corrected chi connectivity index (χ3v) is 6.08. The van der Waals surface area contributed by atoms with Crippen LogP contribution in [0.5, 0.6) is 5.75 Å². The number of carbonyl (C=O) groups is 1. The maximum absolute atomic E-state index is 13.0. The molecule has 0 aliphatic carbocycles. The second kappa shape index (κ2) is 10.7. The molecule has 0 unspecified atom stereocenters. The van der Waals surface area contributed by atoms with Crippen LogP contribution in [0.4, 0.5) is 37.7 Å². The molecule has 0 fully saturated rings. The Hall–Kier alpha value is -3.74. The molecule has 0 spiro atoms. The normalized spacial score (nSPS) is 12.2. The van der Waals surface area contributed by atoms with Crippen molar-refractivity contribution in [3.63, 3.8) is 0 Å². The number of nitrogens with one attached hydrogen (secondary N) is 1. The van der Waals surface area contributed by atoms with Gasteiger partial charge >= 0.3 is 12.4 Å². The predicted molar refractivity (Wildman–Crippen MR) is 124 cm³/mol. The van der Waals surface area contributed by atoms with E-state index in [2.05, 4.69) is 0 Å². The van der Waals surface area contributed by atoms with Crippen molar-refractivity contribution in [2.75, 3.05) is 22.5 Å². The Kier molecular flexibility index (Phi) is 8.06. The molecule has 3 aromatic carbocycles. The number of benzene rings is 3. The van der Waals surface area contributed by atoms with Crippen molar-refractivity contribution in [3.05, 3.63) is 89.5 Å². The number of sulfonamides is 1. The van der Waals surface area contributed by atoms with Crippen molar-refractivity contribution in [1.29, 1.82) is 0 Å². The fraction of sp³-hybridized carbons (Fsp3) is 0.208. The van der Waals surface area contributed by atoms with Crippen LogP contribution in [0.2, 0.25) is 0 Å². The van der Waals surface area contributed by atoms with Gasteiger partial charge in [0.2, 0.25) is 10.0 Å². The molecule has 1 amide bonds. The minimum absolute atomic E-state index is 0.0503. The molecule has 198 valence electrons. The molecule has 13 heteroatoms. The predicted octanol–water partition coefficient (Wildman–Crippen LogP) is 5.71. The van der Waals surface area contributed by atoms with E-state index < -0.39 is 51.7 Å². The number of ether oxygens (including phenoxy) is 1. The van der Waals surface area contributed by atoms with Crippen LogP contribution < -0.4 is 14.4 Å². The van der Waals surface area contributed by atoms with Gasteiger partial charge in [-0.2, -0.15) is 26.3 Å². The standard InChI is InChI=1S/C24H20F6N2O4S/c1-37(34,35)32(14-16-5-3-2-4-6-16)20-7-9-21(10-8-20)36-15-22(33)31-19-12-17(23(25,26)27)11-18(13-19)24(28,29)30/h2-13H,14-15H2,1H3,(H,31,33). The van der Waals surface area contributed by atoms with Gasteiger partial charge in [0.1, 0.15) is 5.75 Å². The molecule has 0 aliphatic heterocycles. The summed E-state index contributed by atoms with van der Waals surface area (Å²) in [5.74, 6) is -0.884. The van der Waals surface area contributed by atoms with Crippen molar-refractivity contribution in [2.45, 2.75) is 18.9 Å². The zero-order chi connectivity index (χ0) is 27.4. The molecule has 37 heavy (non-hydrogen) atoms. The highest BCUT2D eigenvalue weighted by Gasteiger charge is 2.37. The van der Waals surface area contributed by atoms with Crippen LogP contribution in [0.25, 0.3) is 0 Å². The summed E-state index contributed by atoms with van der Waals surface area (Å²) in [5, 5.41) is 1.96. The first kappa shape index (κ1) is 27.8. The third-order valence-electron chi connectivity index (χ3n) is 4.94. The molecule has 3 rings (SSSR count). The number of nitrogens with zero attached hydrogens (tertiary/aromatic N) is 1. The van der Waals surface area contributed by atoms with Gasteiger partial charge < -0.3 is 10.1 Å². The number of rotatable bonds is 8. The van der Waals surface area contributed by atoms with Gasteiger partial charge in [-0.15, -0.1) is 0 Å². The Labute approximate surface area is 208 Å². The first-order valence-corrected chi connectivity index (χ1v) is 12.3. The lowest BCUT2D eigenvalue weighted by atomic mass is 10.1. The molecule has 0 saturated heterocycles. The molecular weight excluding hydrogens is 526 g/mol. The Morgan fingerprint density at radius 2 is 1.41 bits per heavy atom. The van der Waals surface area contributed by atoms with Crippen LogP contribution in [0.1, 0.15) is 16.7 Å². The van der Waals surface area contributed by atoms with Crippen molar-refractivity contribution >= 4 is 27.3 Å². The number of amides is 1. The summed E-state index contributed by atoms with van der Waals surface area (Å²) >= 11 is 0. The van der Waals surface area contributed by atoms with E-state index in [1.807, 2.05) is 5.32 Å². The summed E-state index contributed by atoms with van der Waals surface area (Å²) in [4.78, 5) is 12.1. The number of halogens is 6. The Balaban J connectivity index is 1.69. The van der Waals surface area contributed by atoms with Crippen molar-refractivity contribution in [1.82, 2.24) is 0 Å². The van der Waals surface area contributed by atoms with E-state index in [0.717, 1.165) is 16.1 Å². The van der Waals surface area contributed by atoms with Crippen LogP contribution in [-0.4, -0.2) is 27.2 Å². The van der Waals surface area contributed by atoms with E-state index in [-0.39, 0.29) is 18.4 Å². The lowest BCUT2D eigenvalue weighted by molar-refractivity contribution is -0.143. The average molecular weight is 546 g/mol. The van der Waals surface area contributed by atoms with Gasteiger partial charge in [-0.05, 0) is 48.0 Å². The molecule has 0 bridgehead atoms. The van der Waals surface area contributed by atoms with Gasteiger partial charge in [-0.3, -0.25) is 9.10 Å². The van der Waals surface area contributed by atoms with E-state index in [1.54, 1.807) is 30.3 Å². The fourth-order valence-electron chi connectivity index (χ4n) is 3.23. The van der Waals surface area contributed by atoms with E-state index in [9.17, 15) is 39.6 Å². The van der Waals surface area contributed by atoms with Gasteiger partial charge in [0.25, 0.3) is 5.91 Å². The summed E-state index contributed by atoms with van der Waals surface area (Å²) in [7, 11) is -3.65. The topological polar surface area (TPSA) is 75.7 Å². The van der Waals surface area contributed by atoms with E-state index >= 15 is 0 Å². The molecule has 0 aromatic heterocycles. The zero-order valence-corrected chi connectivity index (χ0v) is 19.9. The zero-order valence-electron chi connectivity index (χ0n) is 19.1. The van der Waals surface area contributed by atoms with Gasteiger partial charge in [-0.25, -0.2) is 8.42 Å². The molecule has 0 aliphatic rings. The van der Waals surface area contributed by atoms with Crippen LogP contribution in [-0.2, 0) is 33.7 Å². The number of anilines is 2. The quantitative estimate of drug-likeness (QED) is 0.368. The molecule has 3 aromatic rings. The molecule has 1 N–H and O–H groups in total. The Morgan fingerprint density at radius 1 is 0.865 bits per heavy atom. The van der Waals surface area contributed by atoms with Crippen LogP contribution in [0.3, 0.4) is 0 Å². The summed E-state index contributed by atoms with van der Waals surface area (Å²) in [5.41, 5.74) is -2.78. The van der Waals surface area contributed by atoms with E-state index in [1.165, 1.54) is 24.3 Å². The maximum atomic E-state index is 13.0. The summed E-state index contributed by atoms with van der Waals surface area (Å²) in [6.07, 6.45) is -9.07. The highest BCUT2D eigenvalue weighted by Crippen LogP contribution is 2.37. The van der Waals surface area contributed by atoms with E-state index in [0.29, 0.717) is 17.8 Å². The summed E-state index contributed by atoms with van der Waals surface area (Å²) in [6, 6.07) is 15.2. The van der Waals surface area contributed by atoms with Crippen LogP contribution in [0, 0.1) is 0 Å². The van der Waals surface area contributed by atoms with Gasteiger partial charge in [0, 0.05) is 5.69 Å². The number of carbonyl (C=O) groups excluding carboxylic acids is 1. The van der Waals surface area contributed by atoms with Crippen molar-refractivity contribution in [3.8, 4) is 5.75 Å². The first-order chi connectivity index (χ1) is 17.1. The molecule has 6 nitrogen and oxygen atoms in total. The minimum atomic E-state index is -5.06. The smallest absolute Gasteiger partial charge is 0.416 e. The summed E-state index contributed by atoms with van der Waals surface area (Å²) < 4.78 is 109. The monoisotopic (exact) mass is 546 g/mol. The van der Waals surface area contributed by atoms with Crippen LogP contribution >= 0.6 is 0 Å².